The molecule has 1 aliphatic carbocycles. The van der Waals surface area contributed by atoms with Crippen LogP contribution < -0.4 is 10.6 Å². The van der Waals surface area contributed by atoms with Crippen LogP contribution in [0.3, 0.4) is 0 Å². The van der Waals surface area contributed by atoms with Crippen molar-refractivity contribution in [2.24, 2.45) is 5.92 Å². The first kappa shape index (κ1) is 16.0. The Morgan fingerprint density at radius 3 is 2.96 bits per heavy atom. The summed E-state index contributed by atoms with van der Waals surface area (Å²) in [6, 6.07) is 0.399. The SMILES string of the molecule is Cc1nc(NC2CC(CNC(=O)c3cn[nH]c3)C2)c2scc(C)c2n1. The van der Waals surface area contributed by atoms with Gasteiger partial charge in [0.05, 0.1) is 22.0 Å². The number of hydrogen-bond donors (Lipinski definition) is 3. The Morgan fingerprint density at radius 1 is 1.36 bits per heavy atom. The first-order valence-electron chi connectivity index (χ1n) is 8.36. The molecular weight excluding hydrogens is 336 g/mol. The molecule has 130 valence electrons. The van der Waals surface area contributed by atoms with Crippen LogP contribution in [0.1, 0.15) is 34.6 Å². The van der Waals surface area contributed by atoms with Crippen molar-refractivity contribution in [1.82, 2.24) is 25.5 Å². The number of carbonyl (C=O) groups is 1. The lowest BCUT2D eigenvalue weighted by molar-refractivity contribution is 0.0937. The van der Waals surface area contributed by atoms with Gasteiger partial charge in [-0.15, -0.1) is 11.3 Å². The molecule has 3 N–H and O–H groups in total. The number of carbonyl (C=O) groups excluding carboxylic acids is 1. The lowest BCUT2D eigenvalue weighted by atomic mass is 9.80. The molecule has 1 amide bonds. The average molecular weight is 356 g/mol. The van der Waals surface area contributed by atoms with Crippen molar-refractivity contribution in [3.05, 3.63) is 34.7 Å². The summed E-state index contributed by atoms with van der Waals surface area (Å²) < 4.78 is 1.12. The quantitative estimate of drug-likeness (QED) is 0.653. The Labute approximate surface area is 149 Å². The highest BCUT2D eigenvalue weighted by atomic mass is 32.1. The Bertz CT molecular complexity index is 897. The van der Waals surface area contributed by atoms with Crippen molar-refractivity contribution >= 4 is 33.3 Å². The van der Waals surface area contributed by atoms with E-state index in [1.807, 2.05) is 6.92 Å². The summed E-state index contributed by atoms with van der Waals surface area (Å²) >= 11 is 1.69. The van der Waals surface area contributed by atoms with Crippen LogP contribution in [0.2, 0.25) is 0 Å². The van der Waals surface area contributed by atoms with Crippen LogP contribution in [0, 0.1) is 19.8 Å². The summed E-state index contributed by atoms with van der Waals surface area (Å²) in [6.45, 7) is 4.70. The topological polar surface area (TPSA) is 95.6 Å². The first-order chi connectivity index (χ1) is 12.1. The number of hydrogen-bond acceptors (Lipinski definition) is 6. The first-order valence-corrected chi connectivity index (χ1v) is 9.24. The zero-order valence-electron chi connectivity index (χ0n) is 14.2. The molecule has 0 aliphatic heterocycles. The van der Waals surface area contributed by atoms with E-state index in [4.69, 9.17) is 0 Å². The van der Waals surface area contributed by atoms with Gasteiger partial charge in [-0.05, 0) is 43.6 Å². The van der Waals surface area contributed by atoms with Crippen molar-refractivity contribution in [2.45, 2.75) is 32.7 Å². The van der Waals surface area contributed by atoms with Crippen molar-refractivity contribution < 1.29 is 4.79 Å². The molecule has 0 bridgehead atoms. The molecule has 0 atom stereocenters. The van der Waals surface area contributed by atoms with Gasteiger partial charge in [0.1, 0.15) is 11.6 Å². The fraction of sp³-hybridized carbons (Fsp3) is 0.412. The molecule has 0 saturated heterocycles. The summed E-state index contributed by atoms with van der Waals surface area (Å²) in [5.74, 6) is 2.15. The molecule has 7 nitrogen and oxygen atoms in total. The Hall–Kier alpha value is -2.48. The van der Waals surface area contributed by atoms with E-state index in [-0.39, 0.29) is 5.91 Å². The maximum atomic E-state index is 11.9. The van der Waals surface area contributed by atoms with Gasteiger partial charge in [-0.2, -0.15) is 5.10 Å². The highest BCUT2D eigenvalue weighted by Crippen LogP contribution is 2.34. The van der Waals surface area contributed by atoms with Crippen LogP contribution in [0.15, 0.2) is 17.8 Å². The maximum absolute atomic E-state index is 11.9. The van der Waals surface area contributed by atoms with Crippen molar-refractivity contribution in [3.63, 3.8) is 0 Å². The van der Waals surface area contributed by atoms with E-state index in [0.29, 0.717) is 24.1 Å². The second kappa shape index (κ2) is 6.44. The van der Waals surface area contributed by atoms with Crippen LogP contribution in [0.4, 0.5) is 5.82 Å². The minimum absolute atomic E-state index is 0.0765. The summed E-state index contributed by atoms with van der Waals surface area (Å²) in [5.41, 5.74) is 2.81. The summed E-state index contributed by atoms with van der Waals surface area (Å²) in [7, 11) is 0. The second-order valence-corrected chi connectivity index (χ2v) is 7.47. The molecule has 3 heterocycles. The van der Waals surface area contributed by atoms with Gasteiger partial charge in [-0.1, -0.05) is 0 Å². The fourth-order valence-corrected chi connectivity index (χ4v) is 4.11. The van der Waals surface area contributed by atoms with E-state index in [2.05, 4.69) is 43.1 Å². The third-order valence-electron chi connectivity index (χ3n) is 4.59. The molecule has 8 heteroatoms. The fourth-order valence-electron chi connectivity index (χ4n) is 3.17. The normalized spacial score (nSPS) is 19.6. The maximum Gasteiger partial charge on any atom is 0.254 e. The van der Waals surface area contributed by atoms with Gasteiger partial charge in [0, 0.05) is 18.8 Å². The van der Waals surface area contributed by atoms with Crippen molar-refractivity contribution in [1.29, 1.82) is 0 Å². The van der Waals surface area contributed by atoms with Gasteiger partial charge in [0.2, 0.25) is 0 Å². The summed E-state index contributed by atoms with van der Waals surface area (Å²) in [4.78, 5) is 21.0. The number of H-pyrrole nitrogens is 1. The molecule has 25 heavy (non-hydrogen) atoms. The molecule has 4 rings (SSSR count). The van der Waals surface area contributed by atoms with Gasteiger partial charge >= 0.3 is 0 Å². The standard InChI is InChI=1S/C17H20N6OS/c1-9-8-25-15-14(9)21-10(2)22-16(15)23-13-3-11(4-13)5-18-17(24)12-6-19-20-7-12/h6-8,11,13H,3-5H2,1-2H3,(H,18,24)(H,19,20)(H,21,22,23). The van der Waals surface area contributed by atoms with E-state index in [0.717, 1.165) is 34.7 Å². The Morgan fingerprint density at radius 2 is 2.20 bits per heavy atom. The number of aromatic nitrogens is 4. The second-order valence-electron chi connectivity index (χ2n) is 6.59. The van der Waals surface area contributed by atoms with Gasteiger partial charge in [0.15, 0.2) is 0 Å². The van der Waals surface area contributed by atoms with Crippen LogP contribution in [0.25, 0.3) is 10.2 Å². The molecule has 0 radical (unpaired) electrons. The average Bonchev–Trinajstić information content (AvgIpc) is 3.20. The number of anilines is 1. The Balaban J connectivity index is 1.32. The number of aromatic amines is 1. The predicted octanol–water partition coefficient (Wildman–Crippen LogP) is 2.65. The number of amides is 1. The Kier molecular flexibility index (Phi) is 4.12. The van der Waals surface area contributed by atoms with Gasteiger partial charge < -0.3 is 10.6 Å². The number of thiophene rings is 1. The smallest absolute Gasteiger partial charge is 0.254 e. The van der Waals surface area contributed by atoms with E-state index in [1.165, 1.54) is 11.8 Å². The minimum atomic E-state index is -0.0765. The van der Waals surface area contributed by atoms with E-state index in [1.54, 1.807) is 17.5 Å². The summed E-state index contributed by atoms with van der Waals surface area (Å²) in [6.07, 6.45) is 5.19. The third kappa shape index (κ3) is 3.21. The zero-order chi connectivity index (χ0) is 17.4. The van der Waals surface area contributed by atoms with Gasteiger partial charge in [0.25, 0.3) is 5.91 Å². The van der Waals surface area contributed by atoms with Crippen LogP contribution >= 0.6 is 11.3 Å². The monoisotopic (exact) mass is 356 g/mol. The highest BCUT2D eigenvalue weighted by Gasteiger charge is 2.30. The molecule has 0 unspecified atom stereocenters. The van der Waals surface area contributed by atoms with Gasteiger partial charge in [-0.3, -0.25) is 9.89 Å². The largest absolute Gasteiger partial charge is 0.366 e. The molecule has 0 spiro atoms. The highest BCUT2D eigenvalue weighted by molar-refractivity contribution is 7.18. The minimum Gasteiger partial charge on any atom is -0.366 e. The third-order valence-corrected chi connectivity index (χ3v) is 5.69. The van der Waals surface area contributed by atoms with Crippen LogP contribution in [-0.2, 0) is 0 Å². The van der Waals surface area contributed by atoms with Crippen LogP contribution in [-0.4, -0.2) is 38.7 Å². The van der Waals surface area contributed by atoms with Crippen LogP contribution in [0.5, 0.6) is 0 Å². The molecule has 0 aromatic carbocycles. The molecule has 1 saturated carbocycles. The van der Waals surface area contributed by atoms with Crippen molar-refractivity contribution in [3.8, 4) is 0 Å². The molecule has 1 fully saturated rings. The number of aryl methyl sites for hydroxylation is 2. The predicted molar refractivity (Wildman–Crippen MR) is 97.9 cm³/mol. The van der Waals surface area contributed by atoms with Crippen molar-refractivity contribution in [2.75, 3.05) is 11.9 Å². The zero-order valence-corrected chi connectivity index (χ0v) is 15.0. The van der Waals surface area contributed by atoms with Gasteiger partial charge in [-0.25, -0.2) is 9.97 Å². The molecule has 3 aromatic heterocycles. The lowest BCUT2D eigenvalue weighted by Crippen LogP contribution is -2.42. The van der Waals surface area contributed by atoms with E-state index >= 15 is 0 Å². The van der Waals surface area contributed by atoms with E-state index in [9.17, 15) is 4.79 Å². The number of nitrogens with zero attached hydrogens (tertiary/aromatic N) is 3. The number of nitrogens with one attached hydrogen (secondary N) is 3. The molecule has 1 aliphatic rings. The molecule has 3 aromatic rings. The molecular formula is C17H20N6OS. The van der Waals surface area contributed by atoms with E-state index < -0.39 is 0 Å². The number of fused-ring (bicyclic) bond motifs is 1. The number of rotatable bonds is 5. The summed E-state index contributed by atoms with van der Waals surface area (Å²) in [5, 5.41) is 15.1. The lowest BCUT2D eigenvalue weighted by Gasteiger charge is -2.36.